The van der Waals surface area contributed by atoms with Gasteiger partial charge in [-0.3, -0.25) is 0 Å². The number of aliphatic hydroxyl groups is 2. The molecule has 0 aliphatic carbocycles. The second-order valence-corrected chi connectivity index (χ2v) is 39.2. The molecule has 0 saturated carbocycles. The lowest BCUT2D eigenvalue weighted by Gasteiger charge is -2.47. The van der Waals surface area contributed by atoms with Gasteiger partial charge in [-0.05, 0) is 168 Å². The van der Waals surface area contributed by atoms with E-state index in [2.05, 4.69) is 104 Å². The molecule has 4 saturated heterocycles. The first-order valence-electron chi connectivity index (χ1n) is 45.2. The number of carbonyl (C=O) groups is 3. The number of ether oxygens (including phenoxy) is 16. The average Bonchev–Trinajstić information content (AvgIpc) is 0.792. The van der Waals surface area contributed by atoms with Crippen molar-refractivity contribution < 1.29 is 100 Å². The third-order valence-electron chi connectivity index (χ3n) is 26.7. The number of hydrogen-bond acceptors (Lipinski definition) is 21. The molecule has 7 aliphatic rings. The number of rotatable bonds is 21. The van der Waals surface area contributed by atoms with E-state index >= 15 is 0 Å². The average molecular weight is 1830 g/mol. The molecule has 30 atom stereocenters. The van der Waals surface area contributed by atoms with Gasteiger partial charge in [0.25, 0.3) is 0 Å². The lowest BCUT2D eigenvalue weighted by molar-refractivity contribution is -0.324. The van der Waals surface area contributed by atoms with Gasteiger partial charge in [0.05, 0.1) is 115 Å². The topological polar surface area (TPSA) is 239 Å². The molecule has 23 heteroatoms. The van der Waals surface area contributed by atoms with Crippen LogP contribution in [0.25, 0.3) is 5.76 Å². The maximum Gasteiger partial charge on any atom is 0.338 e. The SMILES string of the molecule is C=C(O[C@H]1C/C=C(C)/C=C/C(=O)O[C@H]([C@@H](C)[C@@H](O)[C@@H](C)CC[C@H]2C[C@H](OC)C[C@H](C)O2)[C@@H](C)[C@H]2C[C@H](OC(C)(C)O2)[C@H](C)[C@@H](OC)C[C@@H]2CC=C[C@@H](C[C@@H](OC(=O)c3ccc(Br)cc3)C/C=C(C)/C=C/C(=O)O[C@H]([C@@H](C)[C@@H](O)[C@@H](C)CC[C@H]3C[C@H](OC)C[C@H](C)O3)[C@@H](C)[C@H]3C[C@H](OC(C)(C)O3)[C@H](C)[C@@H](OC)C[C@@H]3CC=C[C@H](C1)O3)O2)c1ccc(Br)cc1. The Hall–Kier alpha value is -4.77. The molecule has 0 amide bonds. The molecule has 2 aromatic carbocycles. The van der Waals surface area contributed by atoms with Crippen LogP contribution in [-0.2, 0) is 85.4 Å². The van der Waals surface area contributed by atoms with Crippen molar-refractivity contribution in [2.45, 2.75) is 372 Å². The highest BCUT2D eigenvalue weighted by atomic mass is 79.9. The van der Waals surface area contributed by atoms with E-state index in [0.717, 1.165) is 64.2 Å². The molecule has 9 rings (SSSR count). The lowest BCUT2D eigenvalue weighted by Crippen LogP contribution is -2.54. The van der Waals surface area contributed by atoms with E-state index in [1.54, 1.807) is 64.9 Å². The first-order chi connectivity index (χ1) is 57.9. The number of aliphatic hydroxyl groups excluding tert-OH is 2. The predicted octanol–water partition coefficient (Wildman–Crippen LogP) is 19.8. The zero-order valence-corrected chi connectivity index (χ0v) is 79.7. The summed E-state index contributed by atoms with van der Waals surface area (Å²) in [6, 6.07) is 14.9. The molecule has 684 valence electrons. The van der Waals surface area contributed by atoms with Crippen LogP contribution in [0.15, 0.2) is 136 Å². The van der Waals surface area contributed by atoms with Crippen LogP contribution < -0.4 is 0 Å². The molecular formula is C99H148Br2O21. The van der Waals surface area contributed by atoms with Gasteiger partial charge in [-0.2, -0.15) is 0 Å². The van der Waals surface area contributed by atoms with E-state index in [0.29, 0.717) is 88.4 Å². The van der Waals surface area contributed by atoms with Crippen LogP contribution in [0.2, 0.25) is 0 Å². The minimum absolute atomic E-state index is 0.0120. The van der Waals surface area contributed by atoms with Crippen molar-refractivity contribution in [3.8, 4) is 0 Å². The van der Waals surface area contributed by atoms with Gasteiger partial charge in [-0.25, -0.2) is 14.4 Å². The molecule has 4 fully saturated rings. The fourth-order valence-corrected chi connectivity index (χ4v) is 19.8. The van der Waals surface area contributed by atoms with Crippen molar-refractivity contribution in [1.29, 1.82) is 0 Å². The highest BCUT2D eigenvalue weighted by molar-refractivity contribution is 9.10. The number of esters is 3. The number of fused-ring (bicyclic) bond motifs is 8. The van der Waals surface area contributed by atoms with Gasteiger partial charge in [0.15, 0.2) is 11.6 Å². The van der Waals surface area contributed by atoms with Crippen LogP contribution in [0.5, 0.6) is 0 Å². The van der Waals surface area contributed by atoms with Gasteiger partial charge in [0.2, 0.25) is 0 Å². The van der Waals surface area contributed by atoms with E-state index in [1.165, 1.54) is 12.2 Å². The summed E-state index contributed by atoms with van der Waals surface area (Å²) in [5.41, 5.74) is 2.76. The van der Waals surface area contributed by atoms with Crippen LogP contribution in [0.4, 0.5) is 0 Å². The van der Waals surface area contributed by atoms with Crippen LogP contribution in [0.1, 0.15) is 242 Å². The second-order valence-electron chi connectivity index (χ2n) is 37.4. The molecule has 7 aliphatic heterocycles. The second kappa shape index (κ2) is 48.0. The monoisotopic (exact) mass is 1830 g/mol. The first kappa shape index (κ1) is 101. The Kier molecular flexibility index (Phi) is 39.8. The third-order valence-corrected chi connectivity index (χ3v) is 27.7. The molecule has 0 aromatic heterocycles. The van der Waals surface area contributed by atoms with Crippen molar-refractivity contribution in [3.63, 3.8) is 0 Å². The standard InChI is InChI=1S/C99H148Br2O21/c1-58-28-42-81(113-70(13)71-34-38-73(100)39-35-71)50-75-24-22-26-77(114-75)54-85(109-20)64(7)87-56-89(121-98(14,15)119-87)67(10)96(69(12)94(105)61(4)33-45-80-53-84(108-19)49-63(6)112-80)118-92(103)47-31-59(2)29-43-82(116-97(106)72-36-40-74(101)41-37-72)51-76-25-23-27-78(115-76)55-86(110-21)65(8)88-57-90(122-99(16,17)120-88)66(9)95(117-91(102)46-30-58)68(11)93(104)60(3)32-44-79-52-83(107-18)48-62(5)111-79/h22-25,28-31,34-41,46-47,60-69,75-90,93-96,104-105H,13,26-27,32-33,42-45,48-57H2,1-12,14-21H3/b46-30+,47-31+,58-28+,59-29+/t60-,61-,62-,63-,64+,65+,66-,67-,68-,69-,75+,76-,77-,78-,79-,80-,81-,82-,83+,84+,85-,86-,87-,88-,89+,90+,93-,94-,95-,96-/m0/s1. The molecule has 0 unspecified atom stereocenters. The Morgan fingerprint density at radius 3 is 1.24 bits per heavy atom. The van der Waals surface area contributed by atoms with Gasteiger partial charge < -0.3 is 86.0 Å². The Morgan fingerprint density at radius 2 is 0.852 bits per heavy atom. The van der Waals surface area contributed by atoms with E-state index in [9.17, 15) is 24.6 Å². The van der Waals surface area contributed by atoms with Crippen molar-refractivity contribution in [1.82, 2.24) is 0 Å². The molecule has 2 N–H and O–H groups in total. The fraction of sp³-hybridized carbons (Fsp3) is 0.707. The minimum atomic E-state index is -1.07. The molecule has 21 nitrogen and oxygen atoms in total. The predicted molar refractivity (Wildman–Crippen MR) is 480 cm³/mol. The Balaban J connectivity index is 1.03. The number of allylic oxidation sites excluding steroid dienone is 4. The van der Waals surface area contributed by atoms with Gasteiger partial charge in [0.1, 0.15) is 30.2 Å². The zero-order valence-electron chi connectivity index (χ0n) is 76.6. The molecule has 8 bridgehead atoms. The van der Waals surface area contributed by atoms with Crippen LogP contribution in [0.3, 0.4) is 0 Å². The number of halogens is 2. The van der Waals surface area contributed by atoms with Gasteiger partial charge >= 0.3 is 17.9 Å². The molecule has 122 heavy (non-hydrogen) atoms. The molecular weight excluding hydrogens is 1680 g/mol. The lowest BCUT2D eigenvalue weighted by atomic mass is 9.78. The van der Waals surface area contributed by atoms with E-state index < -0.39 is 108 Å². The van der Waals surface area contributed by atoms with Crippen molar-refractivity contribution in [2.75, 3.05) is 28.4 Å². The third kappa shape index (κ3) is 30.7. The number of hydrogen-bond donors (Lipinski definition) is 2. The molecule has 0 radical (unpaired) electrons. The summed E-state index contributed by atoms with van der Waals surface area (Å²) < 4.78 is 107. The summed E-state index contributed by atoms with van der Waals surface area (Å²) in [5, 5.41) is 25.1. The summed E-state index contributed by atoms with van der Waals surface area (Å²) in [4.78, 5) is 43.5. The van der Waals surface area contributed by atoms with Crippen LogP contribution >= 0.6 is 31.9 Å². The summed E-state index contributed by atoms with van der Waals surface area (Å²) in [6.07, 6.45) is 21.8. The van der Waals surface area contributed by atoms with E-state index in [1.807, 2.05) is 106 Å². The smallest absolute Gasteiger partial charge is 0.338 e. The minimum Gasteiger partial charge on any atom is -0.490 e. The van der Waals surface area contributed by atoms with Crippen LogP contribution in [-0.4, -0.2) is 202 Å². The highest BCUT2D eigenvalue weighted by Crippen LogP contribution is 2.44. The summed E-state index contributed by atoms with van der Waals surface area (Å²) in [6.45, 7) is 36.5. The Labute approximate surface area is 746 Å². The van der Waals surface area contributed by atoms with Gasteiger partial charge in [0, 0.05) is 142 Å². The number of cyclic esters (lactones) is 2. The number of carbonyl (C=O) groups excluding carboxylic acids is 3. The molecule has 0 spiro atoms. The largest absolute Gasteiger partial charge is 0.490 e. The summed E-state index contributed by atoms with van der Waals surface area (Å²) >= 11 is 7.09. The Morgan fingerprint density at radius 1 is 0.475 bits per heavy atom. The molecule has 2 aromatic rings. The fourth-order valence-electron chi connectivity index (χ4n) is 19.3. The zero-order chi connectivity index (χ0) is 88.9. The quantitative estimate of drug-likeness (QED) is 0.0511. The highest BCUT2D eigenvalue weighted by Gasteiger charge is 2.50. The van der Waals surface area contributed by atoms with Gasteiger partial charge in [-0.1, -0.05) is 166 Å². The van der Waals surface area contributed by atoms with Crippen LogP contribution in [0, 0.1) is 47.3 Å². The maximum absolute atomic E-state index is 14.7. The van der Waals surface area contributed by atoms with Crippen molar-refractivity contribution in [3.05, 3.63) is 147 Å². The van der Waals surface area contributed by atoms with E-state index in [-0.39, 0.29) is 103 Å². The maximum atomic E-state index is 14.7. The summed E-state index contributed by atoms with van der Waals surface area (Å²) in [7, 11) is 6.94. The first-order valence-corrected chi connectivity index (χ1v) is 46.8. The number of benzene rings is 2. The Bertz CT molecular complexity index is 3520. The van der Waals surface area contributed by atoms with Crippen molar-refractivity contribution in [2.24, 2.45) is 47.3 Å². The van der Waals surface area contributed by atoms with Gasteiger partial charge in [-0.15, -0.1) is 0 Å². The number of methoxy groups -OCH3 is 4. The normalized spacial score (nSPS) is 36.9. The summed E-state index contributed by atoms with van der Waals surface area (Å²) in [5.74, 6) is -5.95. The van der Waals surface area contributed by atoms with E-state index in [4.69, 9.17) is 75.8 Å². The van der Waals surface area contributed by atoms with Crippen molar-refractivity contribution >= 4 is 55.5 Å². The molecule has 7 heterocycles.